The Morgan fingerprint density at radius 1 is 1.33 bits per heavy atom. The number of benzene rings is 1. The molecule has 0 aromatic heterocycles. The molecular weight excluding hydrogens is 296 g/mol. The SMILES string of the molecule is CN(CCOCCCl)C(=O)c1cc(Cl)ccc1Cl. The molecule has 1 amide bonds. The molecule has 0 aliphatic rings. The molecule has 0 aliphatic heterocycles. The van der Waals surface area contributed by atoms with Crippen molar-refractivity contribution in [1.82, 2.24) is 4.90 Å². The third-order valence-corrected chi connectivity index (χ3v) is 3.02. The van der Waals surface area contributed by atoms with Crippen LogP contribution >= 0.6 is 34.8 Å². The first-order chi connectivity index (χ1) is 8.56. The highest BCUT2D eigenvalue weighted by Crippen LogP contribution is 2.21. The van der Waals surface area contributed by atoms with E-state index in [0.29, 0.717) is 41.2 Å². The minimum absolute atomic E-state index is 0.183. The van der Waals surface area contributed by atoms with Crippen molar-refractivity contribution in [1.29, 1.82) is 0 Å². The number of hydrogen-bond acceptors (Lipinski definition) is 2. The molecule has 0 heterocycles. The number of likely N-dealkylation sites (N-methyl/N-ethyl adjacent to an activating group) is 1. The summed E-state index contributed by atoms with van der Waals surface area (Å²) in [4.78, 5) is 13.6. The summed E-state index contributed by atoms with van der Waals surface area (Å²) in [6, 6.07) is 4.81. The van der Waals surface area contributed by atoms with Gasteiger partial charge in [-0.2, -0.15) is 0 Å². The lowest BCUT2D eigenvalue weighted by Crippen LogP contribution is -2.30. The Balaban J connectivity index is 2.60. The lowest BCUT2D eigenvalue weighted by Gasteiger charge is -2.17. The Labute approximate surface area is 122 Å². The van der Waals surface area contributed by atoms with Crippen molar-refractivity contribution in [3.8, 4) is 0 Å². The van der Waals surface area contributed by atoms with Crippen LogP contribution in [-0.2, 0) is 4.74 Å². The maximum absolute atomic E-state index is 12.1. The van der Waals surface area contributed by atoms with Gasteiger partial charge in [0, 0.05) is 24.5 Å². The third-order valence-electron chi connectivity index (χ3n) is 2.30. The van der Waals surface area contributed by atoms with Gasteiger partial charge >= 0.3 is 0 Å². The van der Waals surface area contributed by atoms with Crippen LogP contribution in [0.15, 0.2) is 18.2 Å². The van der Waals surface area contributed by atoms with Crippen molar-refractivity contribution in [2.45, 2.75) is 0 Å². The van der Waals surface area contributed by atoms with Crippen LogP contribution in [0.4, 0.5) is 0 Å². The minimum atomic E-state index is -0.183. The third kappa shape index (κ3) is 4.65. The summed E-state index contributed by atoms with van der Waals surface area (Å²) < 4.78 is 5.21. The molecule has 6 heteroatoms. The van der Waals surface area contributed by atoms with Crippen LogP contribution in [0.5, 0.6) is 0 Å². The normalized spacial score (nSPS) is 10.4. The highest BCUT2D eigenvalue weighted by Gasteiger charge is 2.15. The fourth-order valence-electron chi connectivity index (χ4n) is 1.33. The number of alkyl halides is 1. The second-order valence-corrected chi connectivity index (χ2v) is 4.87. The maximum atomic E-state index is 12.1. The predicted octanol–water partition coefficient (Wildman–Crippen LogP) is 3.32. The fourth-order valence-corrected chi connectivity index (χ4v) is 1.81. The van der Waals surface area contributed by atoms with Crippen molar-refractivity contribution in [3.05, 3.63) is 33.8 Å². The van der Waals surface area contributed by atoms with Gasteiger partial charge in [0.1, 0.15) is 0 Å². The van der Waals surface area contributed by atoms with Gasteiger partial charge in [0.15, 0.2) is 0 Å². The molecule has 0 aliphatic carbocycles. The highest BCUT2D eigenvalue weighted by molar-refractivity contribution is 6.35. The van der Waals surface area contributed by atoms with E-state index in [1.54, 1.807) is 25.2 Å². The molecule has 0 atom stereocenters. The topological polar surface area (TPSA) is 29.5 Å². The van der Waals surface area contributed by atoms with E-state index in [2.05, 4.69) is 0 Å². The van der Waals surface area contributed by atoms with Gasteiger partial charge in [-0.3, -0.25) is 4.79 Å². The molecular formula is C12H14Cl3NO2. The lowest BCUT2D eigenvalue weighted by atomic mass is 10.2. The molecule has 0 spiro atoms. The van der Waals surface area contributed by atoms with E-state index in [1.807, 2.05) is 0 Å². The highest BCUT2D eigenvalue weighted by atomic mass is 35.5. The zero-order valence-electron chi connectivity index (χ0n) is 9.96. The van der Waals surface area contributed by atoms with Crippen LogP contribution in [0.2, 0.25) is 10.0 Å². The average Bonchev–Trinajstić information content (AvgIpc) is 2.36. The molecule has 0 bridgehead atoms. The van der Waals surface area contributed by atoms with Gasteiger partial charge in [-0.05, 0) is 18.2 Å². The van der Waals surface area contributed by atoms with Crippen LogP contribution < -0.4 is 0 Å². The largest absolute Gasteiger partial charge is 0.378 e. The summed E-state index contributed by atoms with van der Waals surface area (Å²) in [6.45, 7) is 1.38. The number of rotatable bonds is 6. The molecule has 0 radical (unpaired) electrons. The molecule has 0 saturated heterocycles. The van der Waals surface area contributed by atoms with Gasteiger partial charge in [-0.15, -0.1) is 11.6 Å². The van der Waals surface area contributed by atoms with Crippen LogP contribution in [0, 0.1) is 0 Å². The molecule has 1 aromatic rings. The van der Waals surface area contributed by atoms with Gasteiger partial charge in [0.25, 0.3) is 5.91 Å². The zero-order chi connectivity index (χ0) is 13.5. The molecule has 0 unspecified atom stereocenters. The van der Waals surface area contributed by atoms with E-state index < -0.39 is 0 Å². The monoisotopic (exact) mass is 309 g/mol. The predicted molar refractivity (Wildman–Crippen MR) is 75.0 cm³/mol. The van der Waals surface area contributed by atoms with Crippen molar-refractivity contribution >= 4 is 40.7 Å². The van der Waals surface area contributed by atoms with E-state index in [9.17, 15) is 4.79 Å². The molecule has 3 nitrogen and oxygen atoms in total. The number of hydrogen-bond donors (Lipinski definition) is 0. The number of amides is 1. The van der Waals surface area contributed by atoms with E-state index in [0.717, 1.165) is 0 Å². The quantitative estimate of drug-likeness (QED) is 0.596. The van der Waals surface area contributed by atoms with Gasteiger partial charge in [-0.25, -0.2) is 0 Å². The number of carbonyl (C=O) groups excluding carboxylic acids is 1. The summed E-state index contributed by atoms with van der Waals surface area (Å²) in [5.41, 5.74) is 0.393. The van der Waals surface area contributed by atoms with E-state index in [-0.39, 0.29) is 5.91 Å². The summed E-state index contributed by atoms with van der Waals surface area (Å²) in [7, 11) is 1.68. The molecule has 0 saturated carbocycles. The molecule has 0 N–H and O–H groups in total. The molecule has 0 fully saturated rings. The Morgan fingerprint density at radius 3 is 2.72 bits per heavy atom. The summed E-state index contributed by atoms with van der Waals surface area (Å²) in [5.74, 6) is 0.259. The second kappa shape index (κ2) is 7.85. The Hall–Kier alpha value is -0.480. The second-order valence-electron chi connectivity index (χ2n) is 3.65. The van der Waals surface area contributed by atoms with Crippen LogP contribution in [0.3, 0.4) is 0 Å². The van der Waals surface area contributed by atoms with Crippen molar-refractivity contribution in [2.75, 3.05) is 32.7 Å². The van der Waals surface area contributed by atoms with E-state index in [4.69, 9.17) is 39.5 Å². The van der Waals surface area contributed by atoms with E-state index >= 15 is 0 Å². The van der Waals surface area contributed by atoms with Crippen molar-refractivity contribution < 1.29 is 9.53 Å². The Morgan fingerprint density at radius 2 is 2.06 bits per heavy atom. The van der Waals surface area contributed by atoms with E-state index in [1.165, 1.54) is 4.90 Å². The van der Waals surface area contributed by atoms with Gasteiger partial charge < -0.3 is 9.64 Å². The van der Waals surface area contributed by atoms with Crippen molar-refractivity contribution in [2.24, 2.45) is 0 Å². The van der Waals surface area contributed by atoms with Crippen molar-refractivity contribution in [3.63, 3.8) is 0 Å². The van der Waals surface area contributed by atoms with Crippen LogP contribution in [-0.4, -0.2) is 43.5 Å². The Bertz CT molecular complexity index is 412. The number of ether oxygens (including phenoxy) is 1. The molecule has 1 aromatic carbocycles. The zero-order valence-corrected chi connectivity index (χ0v) is 12.2. The average molecular weight is 311 g/mol. The smallest absolute Gasteiger partial charge is 0.255 e. The number of nitrogens with zero attached hydrogens (tertiary/aromatic N) is 1. The van der Waals surface area contributed by atoms with Gasteiger partial charge in [-0.1, -0.05) is 23.2 Å². The molecule has 18 heavy (non-hydrogen) atoms. The standard InChI is InChI=1S/C12H14Cl3NO2/c1-16(5-7-18-6-4-13)12(17)10-8-9(14)2-3-11(10)15/h2-3,8H,4-7H2,1H3. The number of carbonyl (C=O) groups is 1. The first-order valence-electron chi connectivity index (χ1n) is 5.40. The summed E-state index contributed by atoms with van der Waals surface area (Å²) in [5, 5.41) is 0.868. The first kappa shape index (κ1) is 15.6. The molecule has 100 valence electrons. The van der Waals surface area contributed by atoms with Gasteiger partial charge in [0.05, 0.1) is 23.8 Å². The minimum Gasteiger partial charge on any atom is -0.378 e. The van der Waals surface area contributed by atoms with Crippen LogP contribution in [0.25, 0.3) is 0 Å². The summed E-state index contributed by atoms with van der Waals surface area (Å²) >= 11 is 17.3. The fraction of sp³-hybridized carbons (Fsp3) is 0.417. The number of halogens is 3. The van der Waals surface area contributed by atoms with Crippen LogP contribution in [0.1, 0.15) is 10.4 Å². The summed E-state index contributed by atoms with van der Waals surface area (Å²) in [6.07, 6.45) is 0. The van der Waals surface area contributed by atoms with Gasteiger partial charge in [0.2, 0.25) is 0 Å². The Kier molecular flexibility index (Phi) is 6.79. The maximum Gasteiger partial charge on any atom is 0.255 e. The molecule has 1 rings (SSSR count). The first-order valence-corrected chi connectivity index (χ1v) is 6.69. The lowest BCUT2D eigenvalue weighted by molar-refractivity contribution is 0.0712.